The van der Waals surface area contributed by atoms with Crippen molar-refractivity contribution in [3.63, 3.8) is 0 Å². The number of nitrogens with zero attached hydrogens (tertiary/aromatic N) is 2. The molecule has 1 aliphatic carbocycles. The molecule has 0 N–H and O–H groups in total. The Kier molecular flexibility index (Phi) is 4.04. The number of ketones is 1. The lowest BCUT2D eigenvalue weighted by Gasteiger charge is -2.01. The second-order valence-electron chi connectivity index (χ2n) is 4.88. The summed E-state index contributed by atoms with van der Waals surface area (Å²) in [6.45, 7) is 1.84. The van der Waals surface area contributed by atoms with Crippen molar-refractivity contribution in [3.05, 3.63) is 45.5 Å². The summed E-state index contributed by atoms with van der Waals surface area (Å²) in [5, 5.41) is 10.3. The average molecular weight is 260 g/mol. The van der Waals surface area contributed by atoms with Gasteiger partial charge in [-0.25, -0.2) is 0 Å². The van der Waals surface area contributed by atoms with Gasteiger partial charge in [0.2, 0.25) is 6.54 Å². The molecule has 0 amide bonds. The normalized spacial score (nSPS) is 15.3. The predicted octanol–water partition coefficient (Wildman–Crippen LogP) is 2.52. The van der Waals surface area contributed by atoms with Gasteiger partial charge in [0.05, 0.1) is 12.3 Å². The van der Waals surface area contributed by atoms with Crippen LogP contribution in [0.4, 0.5) is 0 Å². The molecule has 0 aromatic heterocycles. The van der Waals surface area contributed by atoms with Crippen molar-refractivity contribution in [1.29, 1.82) is 0 Å². The van der Waals surface area contributed by atoms with Gasteiger partial charge in [0.25, 0.3) is 0 Å². The number of aliphatic imine (C=N–C) groups is 1. The van der Waals surface area contributed by atoms with Gasteiger partial charge in [-0.2, -0.15) is 0 Å². The molecule has 0 radical (unpaired) electrons. The van der Waals surface area contributed by atoms with Gasteiger partial charge in [0.1, 0.15) is 0 Å². The Morgan fingerprint density at radius 1 is 1.37 bits per heavy atom. The third-order valence-electron chi connectivity index (χ3n) is 3.08. The summed E-state index contributed by atoms with van der Waals surface area (Å²) in [4.78, 5) is 25.9. The molecule has 0 atom stereocenters. The molecule has 1 aliphatic rings. The van der Waals surface area contributed by atoms with Crippen LogP contribution in [0.2, 0.25) is 0 Å². The first kappa shape index (κ1) is 13.4. The van der Waals surface area contributed by atoms with E-state index in [1.165, 1.54) is 0 Å². The Balaban J connectivity index is 1.94. The molecule has 1 aromatic carbocycles. The van der Waals surface area contributed by atoms with Gasteiger partial charge in [0, 0.05) is 16.4 Å². The fraction of sp³-hybridized carbons (Fsp3) is 0.429. The van der Waals surface area contributed by atoms with Gasteiger partial charge in [-0.05, 0) is 25.3 Å². The zero-order chi connectivity index (χ0) is 13.8. The van der Waals surface area contributed by atoms with Gasteiger partial charge in [0.15, 0.2) is 5.78 Å². The van der Waals surface area contributed by atoms with E-state index in [9.17, 15) is 14.9 Å². The summed E-state index contributed by atoms with van der Waals surface area (Å²) < 4.78 is 0. The van der Waals surface area contributed by atoms with Crippen LogP contribution in [0.1, 0.15) is 35.7 Å². The van der Waals surface area contributed by atoms with Crippen molar-refractivity contribution in [2.75, 3.05) is 6.54 Å². The zero-order valence-electron chi connectivity index (χ0n) is 10.8. The summed E-state index contributed by atoms with van der Waals surface area (Å²) in [5.41, 5.74) is 2.20. The number of carbonyl (C=O) groups is 1. The van der Waals surface area contributed by atoms with Crippen LogP contribution in [0.25, 0.3) is 0 Å². The molecule has 19 heavy (non-hydrogen) atoms. The number of nitro groups is 1. The van der Waals surface area contributed by atoms with Crippen LogP contribution >= 0.6 is 0 Å². The Morgan fingerprint density at radius 3 is 2.53 bits per heavy atom. The fourth-order valence-electron chi connectivity index (χ4n) is 1.82. The lowest BCUT2D eigenvalue weighted by molar-refractivity contribution is -0.463. The number of benzene rings is 1. The number of carbonyl (C=O) groups excluding carboxylic acids is 1. The third kappa shape index (κ3) is 3.98. The van der Waals surface area contributed by atoms with Crippen molar-refractivity contribution in [3.8, 4) is 0 Å². The molecule has 0 heterocycles. The molecule has 0 aliphatic heterocycles. The third-order valence-corrected chi connectivity index (χ3v) is 3.08. The minimum atomic E-state index is -0.393. The minimum absolute atomic E-state index is 0.222. The van der Waals surface area contributed by atoms with Crippen LogP contribution in [-0.4, -0.2) is 23.0 Å². The van der Waals surface area contributed by atoms with E-state index in [4.69, 9.17) is 0 Å². The standard InChI is InChI=1S/C14H16N2O3/c1-10(9-16(18)19)15-8-11-2-4-12(5-3-11)14(17)13-6-7-13/h2-5,13H,6-9H2,1H3. The summed E-state index contributed by atoms with van der Waals surface area (Å²) in [6.07, 6.45) is 2.01. The van der Waals surface area contributed by atoms with Crippen molar-refractivity contribution >= 4 is 11.5 Å². The van der Waals surface area contributed by atoms with E-state index in [1.54, 1.807) is 6.92 Å². The molecule has 1 fully saturated rings. The molecule has 1 aromatic rings. The lowest BCUT2D eigenvalue weighted by atomic mass is 10.1. The molecule has 1 saturated carbocycles. The maximum Gasteiger partial charge on any atom is 0.241 e. The lowest BCUT2D eigenvalue weighted by Crippen LogP contribution is -2.10. The van der Waals surface area contributed by atoms with E-state index < -0.39 is 4.92 Å². The maximum absolute atomic E-state index is 11.8. The van der Waals surface area contributed by atoms with E-state index in [0.29, 0.717) is 12.3 Å². The minimum Gasteiger partial charge on any atom is -0.294 e. The largest absolute Gasteiger partial charge is 0.294 e. The van der Waals surface area contributed by atoms with Gasteiger partial charge < -0.3 is 0 Å². The van der Waals surface area contributed by atoms with E-state index >= 15 is 0 Å². The highest BCUT2D eigenvalue weighted by Gasteiger charge is 2.30. The van der Waals surface area contributed by atoms with E-state index in [0.717, 1.165) is 24.0 Å². The SMILES string of the molecule is CC(C[N+](=O)[O-])=NCc1ccc(C(=O)C2CC2)cc1. The number of rotatable bonds is 6. The highest BCUT2D eigenvalue weighted by molar-refractivity contribution is 5.99. The monoisotopic (exact) mass is 260 g/mol. The predicted molar refractivity (Wildman–Crippen MR) is 72.2 cm³/mol. The average Bonchev–Trinajstić information content (AvgIpc) is 3.19. The first-order valence-electron chi connectivity index (χ1n) is 6.31. The van der Waals surface area contributed by atoms with E-state index in [2.05, 4.69) is 4.99 Å². The van der Waals surface area contributed by atoms with Crippen LogP contribution in [0.5, 0.6) is 0 Å². The van der Waals surface area contributed by atoms with Crippen molar-refractivity contribution in [2.45, 2.75) is 26.3 Å². The smallest absolute Gasteiger partial charge is 0.241 e. The van der Waals surface area contributed by atoms with Gasteiger partial charge in [-0.15, -0.1) is 0 Å². The molecule has 0 unspecified atom stereocenters. The first-order chi connectivity index (χ1) is 9.06. The molecule has 5 nitrogen and oxygen atoms in total. The van der Waals surface area contributed by atoms with Crippen molar-refractivity contribution in [2.24, 2.45) is 10.9 Å². The Morgan fingerprint density at radius 2 is 2.00 bits per heavy atom. The fourth-order valence-corrected chi connectivity index (χ4v) is 1.82. The number of Topliss-reactive ketones (excluding diaryl/α,β-unsaturated/α-hetero) is 1. The quantitative estimate of drug-likeness (QED) is 0.341. The zero-order valence-corrected chi connectivity index (χ0v) is 10.8. The van der Waals surface area contributed by atoms with E-state index in [1.807, 2.05) is 24.3 Å². The second-order valence-corrected chi connectivity index (χ2v) is 4.88. The first-order valence-corrected chi connectivity index (χ1v) is 6.31. The van der Waals surface area contributed by atoms with Gasteiger partial charge in [-0.1, -0.05) is 24.3 Å². The topological polar surface area (TPSA) is 72.6 Å². The van der Waals surface area contributed by atoms with E-state index in [-0.39, 0.29) is 18.2 Å². The van der Waals surface area contributed by atoms with Crippen molar-refractivity contribution in [1.82, 2.24) is 0 Å². The van der Waals surface area contributed by atoms with Crippen LogP contribution in [0.15, 0.2) is 29.3 Å². The molecular weight excluding hydrogens is 244 g/mol. The Labute approximate surface area is 111 Å². The van der Waals surface area contributed by atoms with Gasteiger partial charge >= 0.3 is 0 Å². The molecule has 2 rings (SSSR count). The molecule has 5 heteroatoms. The highest BCUT2D eigenvalue weighted by atomic mass is 16.6. The summed E-state index contributed by atoms with van der Waals surface area (Å²) in [5.74, 6) is 0.450. The molecule has 0 saturated heterocycles. The summed E-state index contributed by atoms with van der Waals surface area (Å²) >= 11 is 0. The van der Waals surface area contributed by atoms with Crippen LogP contribution in [0, 0.1) is 16.0 Å². The van der Waals surface area contributed by atoms with Crippen LogP contribution in [-0.2, 0) is 6.54 Å². The second kappa shape index (κ2) is 5.73. The van der Waals surface area contributed by atoms with Gasteiger partial charge in [-0.3, -0.25) is 19.9 Å². The highest BCUT2D eigenvalue weighted by Crippen LogP contribution is 2.32. The number of hydrogen-bond acceptors (Lipinski definition) is 4. The molecule has 0 bridgehead atoms. The number of hydrogen-bond donors (Lipinski definition) is 0. The Bertz CT molecular complexity index is 516. The Hall–Kier alpha value is -2.04. The maximum atomic E-state index is 11.8. The van der Waals surface area contributed by atoms with Crippen molar-refractivity contribution < 1.29 is 9.72 Å². The molecule has 0 spiro atoms. The summed E-state index contributed by atoms with van der Waals surface area (Å²) in [6, 6.07) is 7.35. The molecule has 100 valence electrons. The van der Waals surface area contributed by atoms with Crippen LogP contribution < -0.4 is 0 Å². The summed E-state index contributed by atoms with van der Waals surface area (Å²) in [7, 11) is 0. The van der Waals surface area contributed by atoms with Crippen LogP contribution in [0.3, 0.4) is 0 Å². The molecular formula is C14H16N2O3.